The van der Waals surface area contributed by atoms with Crippen LogP contribution in [0.15, 0.2) is 33.5 Å². The highest BCUT2D eigenvalue weighted by molar-refractivity contribution is 5.88. The van der Waals surface area contributed by atoms with E-state index in [1.165, 1.54) is 10.6 Å². The number of rotatable bonds is 4. The number of benzene rings is 2. The summed E-state index contributed by atoms with van der Waals surface area (Å²) in [5.41, 5.74) is 3.35. The van der Waals surface area contributed by atoms with E-state index in [4.69, 9.17) is 13.9 Å². The molecular formula is C24H23FN4O5. The molecule has 5 rings (SSSR count). The number of nitrogens with zero attached hydrogens (tertiary/aromatic N) is 2. The van der Waals surface area contributed by atoms with E-state index in [2.05, 4.69) is 10.6 Å². The second-order valence-corrected chi connectivity index (χ2v) is 8.41. The molecule has 3 aromatic rings. The lowest BCUT2D eigenvalue weighted by Crippen LogP contribution is -2.46. The van der Waals surface area contributed by atoms with Gasteiger partial charge in [-0.15, -0.1) is 0 Å². The van der Waals surface area contributed by atoms with E-state index in [1.807, 2.05) is 6.07 Å². The maximum Gasteiger partial charge on any atom is 0.419 e. The van der Waals surface area contributed by atoms with Crippen LogP contribution < -0.4 is 21.1 Å². The summed E-state index contributed by atoms with van der Waals surface area (Å²) in [6.45, 7) is 1.76. The van der Waals surface area contributed by atoms with Gasteiger partial charge >= 0.3 is 5.76 Å². The summed E-state index contributed by atoms with van der Waals surface area (Å²) in [6.07, 6.45) is 0.0898. The van der Waals surface area contributed by atoms with Crippen molar-refractivity contribution in [1.29, 1.82) is 5.26 Å². The molecule has 176 valence electrons. The molecule has 1 saturated heterocycles. The van der Waals surface area contributed by atoms with Crippen molar-refractivity contribution < 1.29 is 23.1 Å². The average molecular weight is 466 g/mol. The average Bonchev–Trinajstić information content (AvgIpc) is 3.00. The van der Waals surface area contributed by atoms with Crippen LogP contribution in [0, 0.1) is 17.1 Å². The molecule has 0 bridgehead atoms. The molecule has 2 aliphatic rings. The van der Waals surface area contributed by atoms with Crippen molar-refractivity contribution in [2.45, 2.75) is 31.6 Å². The fourth-order valence-corrected chi connectivity index (χ4v) is 4.45. The zero-order chi connectivity index (χ0) is 23.8. The molecule has 1 fully saturated rings. The number of aryl methyl sites for hydroxylation is 1. The standard InChI is InChI=1S/C24H23FN4O5/c1-29-22-17-12-33-20-8-13(7-14(10-26)28-23(30)21-11-27-5-2-6-32-21)18(25)9-16(20)15(17)3-4-19(22)34-24(29)31/h3-4,8-9,14,21,27H,2,5-7,11-12H2,1H3,(H,28,30)/t14?,21-/m0/s1. The van der Waals surface area contributed by atoms with Crippen LogP contribution in [-0.2, 0) is 29.6 Å². The Bertz CT molecular complexity index is 1360. The van der Waals surface area contributed by atoms with Gasteiger partial charge in [0.15, 0.2) is 5.58 Å². The molecule has 1 amide bonds. The minimum Gasteiger partial charge on any atom is -0.488 e. The molecule has 10 heteroatoms. The predicted octanol–water partition coefficient (Wildman–Crippen LogP) is 1.76. The highest BCUT2D eigenvalue weighted by Gasteiger charge is 2.27. The normalized spacial score (nSPS) is 18.2. The zero-order valence-corrected chi connectivity index (χ0v) is 18.5. The third-order valence-corrected chi connectivity index (χ3v) is 6.20. The lowest BCUT2D eigenvalue weighted by Gasteiger charge is -2.23. The molecule has 34 heavy (non-hydrogen) atoms. The zero-order valence-electron chi connectivity index (χ0n) is 18.5. The lowest BCUT2D eigenvalue weighted by atomic mass is 9.93. The molecule has 2 atom stereocenters. The lowest BCUT2D eigenvalue weighted by molar-refractivity contribution is -0.132. The van der Waals surface area contributed by atoms with Crippen LogP contribution in [0.4, 0.5) is 4.39 Å². The third-order valence-electron chi connectivity index (χ3n) is 6.20. The first-order chi connectivity index (χ1) is 16.5. The third kappa shape index (κ3) is 3.93. The van der Waals surface area contributed by atoms with Crippen LogP contribution in [0.25, 0.3) is 22.2 Å². The van der Waals surface area contributed by atoms with E-state index in [0.717, 1.165) is 24.1 Å². The molecule has 0 saturated carbocycles. The van der Waals surface area contributed by atoms with E-state index in [1.54, 1.807) is 25.2 Å². The first-order valence-corrected chi connectivity index (χ1v) is 11.1. The second-order valence-electron chi connectivity index (χ2n) is 8.41. The number of nitriles is 1. The van der Waals surface area contributed by atoms with Crippen LogP contribution in [0.3, 0.4) is 0 Å². The van der Waals surface area contributed by atoms with Crippen LogP contribution in [0.2, 0.25) is 0 Å². The SMILES string of the molecule is Cn1c(=O)oc2ccc3c(c21)COc1cc(CC(C#N)NC(=O)[C@@H]2CNCCCO2)c(F)cc1-3. The Labute approximate surface area is 194 Å². The number of oxazole rings is 1. The molecule has 1 aromatic heterocycles. The number of nitrogens with one attached hydrogen (secondary N) is 2. The number of halogens is 1. The summed E-state index contributed by atoms with van der Waals surface area (Å²) < 4.78 is 33.2. The Morgan fingerprint density at radius 1 is 1.38 bits per heavy atom. The Hall–Kier alpha value is -3.68. The molecule has 1 unspecified atom stereocenters. The van der Waals surface area contributed by atoms with Gasteiger partial charge in [0.1, 0.15) is 30.3 Å². The fraction of sp³-hybridized carbons (Fsp3) is 0.375. The van der Waals surface area contributed by atoms with Crippen LogP contribution >= 0.6 is 0 Å². The van der Waals surface area contributed by atoms with Crippen molar-refractivity contribution >= 4 is 17.0 Å². The molecule has 2 aliphatic heterocycles. The number of ether oxygens (including phenoxy) is 2. The summed E-state index contributed by atoms with van der Waals surface area (Å²) in [5.74, 6) is -0.932. The van der Waals surface area contributed by atoms with Crippen molar-refractivity contribution in [3.8, 4) is 22.9 Å². The van der Waals surface area contributed by atoms with Gasteiger partial charge < -0.3 is 24.5 Å². The van der Waals surface area contributed by atoms with E-state index >= 15 is 4.39 Å². The second kappa shape index (κ2) is 8.93. The van der Waals surface area contributed by atoms with Crippen molar-refractivity contribution in [3.63, 3.8) is 0 Å². The van der Waals surface area contributed by atoms with E-state index in [-0.39, 0.29) is 18.6 Å². The number of aromatic nitrogens is 1. The molecule has 0 radical (unpaired) electrons. The van der Waals surface area contributed by atoms with Gasteiger partial charge in [0.05, 0.1) is 11.6 Å². The van der Waals surface area contributed by atoms with Gasteiger partial charge in [-0.05, 0) is 48.4 Å². The Balaban J connectivity index is 1.40. The largest absolute Gasteiger partial charge is 0.488 e. The van der Waals surface area contributed by atoms with Gasteiger partial charge in [-0.25, -0.2) is 9.18 Å². The van der Waals surface area contributed by atoms with Crippen molar-refractivity contribution in [1.82, 2.24) is 15.2 Å². The summed E-state index contributed by atoms with van der Waals surface area (Å²) in [4.78, 5) is 24.4. The number of fused-ring (bicyclic) bond motifs is 5. The Morgan fingerprint density at radius 3 is 3.06 bits per heavy atom. The maximum atomic E-state index is 15.1. The number of hydrogen-bond acceptors (Lipinski definition) is 7. The monoisotopic (exact) mass is 466 g/mol. The highest BCUT2D eigenvalue weighted by Crippen LogP contribution is 2.41. The summed E-state index contributed by atoms with van der Waals surface area (Å²) >= 11 is 0. The van der Waals surface area contributed by atoms with Crippen LogP contribution in [0.5, 0.6) is 5.75 Å². The molecule has 2 aromatic carbocycles. The van der Waals surface area contributed by atoms with Gasteiger partial charge in [-0.3, -0.25) is 9.36 Å². The molecule has 2 N–H and O–H groups in total. The predicted molar refractivity (Wildman–Crippen MR) is 120 cm³/mol. The van der Waals surface area contributed by atoms with Gasteiger partial charge in [0, 0.05) is 37.7 Å². The number of hydrogen-bond donors (Lipinski definition) is 2. The Morgan fingerprint density at radius 2 is 2.24 bits per heavy atom. The molecule has 0 aliphatic carbocycles. The quantitative estimate of drug-likeness (QED) is 0.602. The fourth-order valence-electron chi connectivity index (χ4n) is 4.45. The molecular weight excluding hydrogens is 443 g/mol. The number of carbonyl (C=O) groups is 1. The van der Waals surface area contributed by atoms with Crippen molar-refractivity contribution in [2.75, 3.05) is 19.7 Å². The number of carbonyl (C=O) groups excluding carboxylic acids is 1. The highest BCUT2D eigenvalue weighted by atomic mass is 19.1. The first-order valence-electron chi connectivity index (χ1n) is 11.1. The maximum absolute atomic E-state index is 15.1. The van der Waals surface area contributed by atoms with Crippen LogP contribution in [0.1, 0.15) is 17.5 Å². The minimum absolute atomic E-state index is 0.0208. The summed E-state index contributed by atoms with van der Waals surface area (Å²) in [5, 5.41) is 15.3. The summed E-state index contributed by atoms with van der Waals surface area (Å²) in [6, 6.07) is 7.49. The van der Waals surface area contributed by atoms with Gasteiger partial charge in [-0.2, -0.15) is 5.26 Å². The number of amides is 1. The first kappa shape index (κ1) is 22.1. The van der Waals surface area contributed by atoms with Gasteiger partial charge in [-0.1, -0.05) is 0 Å². The van der Waals surface area contributed by atoms with E-state index < -0.39 is 29.6 Å². The van der Waals surface area contributed by atoms with Gasteiger partial charge in [0.2, 0.25) is 0 Å². The summed E-state index contributed by atoms with van der Waals surface area (Å²) in [7, 11) is 1.61. The topological polar surface area (TPSA) is 119 Å². The van der Waals surface area contributed by atoms with Gasteiger partial charge in [0.25, 0.3) is 5.91 Å². The van der Waals surface area contributed by atoms with Crippen molar-refractivity contribution in [3.05, 3.63) is 51.8 Å². The molecule has 9 nitrogen and oxygen atoms in total. The van der Waals surface area contributed by atoms with E-state index in [9.17, 15) is 14.9 Å². The molecule has 3 heterocycles. The van der Waals surface area contributed by atoms with Crippen LogP contribution in [-0.4, -0.2) is 42.3 Å². The minimum atomic E-state index is -0.928. The van der Waals surface area contributed by atoms with Crippen molar-refractivity contribution in [2.24, 2.45) is 7.05 Å². The van der Waals surface area contributed by atoms with E-state index in [0.29, 0.717) is 35.6 Å². The Kier molecular flexibility index (Phi) is 5.81. The molecule has 0 spiro atoms. The smallest absolute Gasteiger partial charge is 0.419 e.